The molecular weight excluding hydrogens is 337 g/mol. The van der Waals surface area contributed by atoms with Crippen LogP contribution in [0.1, 0.15) is 48.0 Å². The highest BCUT2D eigenvalue weighted by Gasteiger charge is 2.22. The van der Waals surface area contributed by atoms with E-state index in [0.29, 0.717) is 17.1 Å². The van der Waals surface area contributed by atoms with Gasteiger partial charge in [-0.1, -0.05) is 5.16 Å². The van der Waals surface area contributed by atoms with Crippen molar-refractivity contribution < 1.29 is 13.7 Å². The molecule has 0 fully saturated rings. The summed E-state index contributed by atoms with van der Waals surface area (Å²) in [4.78, 5) is 21.2. The number of fused-ring (bicyclic) bond motifs is 1. The minimum absolute atomic E-state index is 0.223. The number of carbonyl (C=O) groups excluding carboxylic acids is 1. The summed E-state index contributed by atoms with van der Waals surface area (Å²) in [5.41, 5.74) is 1.19. The molecule has 8 heteroatoms. The van der Waals surface area contributed by atoms with Gasteiger partial charge in [-0.2, -0.15) is 4.98 Å². The van der Waals surface area contributed by atoms with Gasteiger partial charge in [0.1, 0.15) is 23.4 Å². The molecule has 0 unspecified atom stereocenters. The lowest BCUT2D eigenvalue weighted by Crippen LogP contribution is -2.29. The van der Waals surface area contributed by atoms with Gasteiger partial charge >= 0.3 is 0 Å². The highest BCUT2D eigenvalue weighted by molar-refractivity contribution is 5.92. The Hall–Kier alpha value is -3.03. The standard InChI is InChI=1S/C18H18FN5O2/c1-11(18-22-16(23-26-18)12-5-7-13(19)8-6-12)21-17(25)14-10-20-15-4-2-3-9-24(14)15/h5-8,10-11H,2-4,9H2,1H3,(H,21,25)/t11-/m0/s1. The van der Waals surface area contributed by atoms with Crippen LogP contribution in [0.15, 0.2) is 35.0 Å². The molecule has 0 bridgehead atoms. The first kappa shape index (κ1) is 16.4. The maximum Gasteiger partial charge on any atom is 0.270 e. The van der Waals surface area contributed by atoms with E-state index in [9.17, 15) is 9.18 Å². The van der Waals surface area contributed by atoms with Crippen LogP contribution in [0.3, 0.4) is 0 Å². The Balaban J connectivity index is 1.48. The van der Waals surface area contributed by atoms with Crippen molar-refractivity contribution in [2.24, 2.45) is 0 Å². The molecule has 1 amide bonds. The van der Waals surface area contributed by atoms with E-state index >= 15 is 0 Å². The molecule has 26 heavy (non-hydrogen) atoms. The van der Waals surface area contributed by atoms with Gasteiger partial charge in [0.15, 0.2) is 0 Å². The van der Waals surface area contributed by atoms with Crippen molar-refractivity contribution in [2.45, 2.75) is 38.8 Å². The lowest BCUT2D eigenvalue weighted by atomic mass is 10.1. The van der Waals surface area contributed by atoms with Crippen LogP contribution in [0.25, 0.3) is 11.4 Å². The molecular formula is C18H18FN5O2. The normalized spacial score (nSPS) is 14.7. The van der Waals surface area contributed by atoms with Crippen LogP contribution in [0.5, 0.6) is 0 Å². The molecule has 1 aliphatic rings. The lowest BCUT2D eigenvalue weighted by Gasteiger charge is -2.16. The average Bonchev–Trinajstić information content (AvgIpc) is 3.30. The first-order valence-electron chi connectivity index (χ1n) is 8.56. The molecule has 3 heterocycles. The minimum Gasteiger partial charge on any atom is -0.339 e. The summed E-state index contributed by atoms with van der Waals surface area (Å²) in [7, 11) is 0. The van der Waals surface area contributed by atoms with Crippen molar-refractivity contribution in [2.75, 3.05) is 0 Å². The Morgan fingerprint density at radius 1 is 1.31 bits per heavy atom. The van der Waals surface area contributed by atoms with E-state index in [2.05, 4.69) is 20.4 Å². The summed E-state index contributed by atoms with van der Waals surface area (Å²) in [6.45, 7) is 2.58. The second-order valence-electron chi connectivity index (χ2n) is 6.33. The number of rotatable bonds is 4. The molecule has 134 valence electrons. The van der Waals surface area contributed by atoms with Gasteiger partial charge < -0.3 is 14.4 Å². The van der Waals surface area contributed by atoms with E-state index in [1.165, 1.54) is 12.1 Å². The number of amides is 1. The Labute approximate surface area is 149 Å². The number of hydrogen-bond acceptors (Lipinski definition) is 5. The summed E-state index contributed by atoms with van der Waals surface area (Å²) in [6.07, 6.45) is 4.65. The van der Waals surface area contributed by atoms with Gasteiger partial charge in [-0.15, -0.1) is 0 Å². The lowest BCUT2D eigenvalue weighted by molar-refractivity contribution is 0.0922. The smallest absolute Gasteiger partial charge is 0.270 e. The molecule has 1 N–H and O–H groups in total. The summed E-state index contributed by atoms with van der Waals surface area (Å²) in [5.74, 6) is 1.03. The number of aromatic nitrogens is 4. The van der Waals surface area contributed by atoms with E-state index in [4.69, 9.17) is 4.52 Å². The zero-order valence-corrected chi connectivity index (χ0v) is 14.3. The molecule has 0 saturated heterocycles. The highest BCUT2D eigenvalue weighted by Crippen LogP contribution is 2.20. The highest BCUT2D eigenvalue weighted by atomic mass is 19.1. The van der Waals surface area contributed by atoms with E-state index < -0.39 is 6.04 Å². The molecule has 1 aliphatic heterocycles. The van der Waals surface area contributed by atoms with Gasteiger partial charge in [0.25, 0.3) is 5.91 Å². The second-order valence-corrected chi connectivity index (χ2v) is 6.33. The molecule has 0 saturated carbocycles. The third kappa shape index (κ3) is 3.10. The van der Waals surface area contributed by atoms with E-state index in [0.717, 1.165) is 31.6 Å². The summed E-state index contributed by atoms with van der Waals surface area (Å²) in [5, 5.41) is 6.77. The van der Waals surface area contributed by atoms with Crippen LogP contribution < -0.4 is 5.32 Å². The fourth-order valence-electron chi connectivity index (χ4n) is 3.06. The van der Waals surface area contributed by atoms with Gasteiger partial charge in [0.2, 0.25) is 11.7 Å². The maximum absolute atomic E-state index is 13.0. The first-order valence-corrected chi connectivity index (χ1v) is 8.56. The summed E-state index contributed by atoms with van der Waals surface area (Å²) in [6, 6.07) is 5.36. The Morgan fingerprint density at radius 2 is 2.12 bits per heavy atom. The van der Waals surface area contributed by atoms with E-state index in [-0.39, 0.29) is 17.6 Å². The average molecular weight is 355 g/mol. The summed E-state index contributed by atoms with van der Waals surface area (Å²) >= 11 is 0. The van der Waals surface area contributed by atoms with E-state index in [1.807, 2.05) is 4.57 Å². The van der Waals surface area contributed by atoms with Crippen molar-refractivity contribution in [1.82, 2.24) is 25.0 Å². The number of halogens is 1. The van der Waals surface area contributed by atoms with Crippen molar-refractivity contribution in [3.8, 4) is 11.4 Å². The van der Waals surface area contributed by atoms with Crippen LogP contribution in [-0.4, -0.2) is 25.6 Å². The van der Waals surface area contributed by atoms with Gasteiger partial charge in [-0.25, -0.2) is 9.37 Å². The van der Waals surface area contributed by atoms with Crippen LogP contribution >= 0.6 is 0 Å². The third-order valence-electron chi connectivity index (χ3n) is 4.47. The molecule has 1 atom stereocenters. The van der Waals surface area contributed by atoms with Gasteiger partial charge in [0, 0.05) is 18.5 Å². The number of benzene rings is 1. The minimum atomic E-state index is -0.459. The number of hydrogen-bond donors (Lipinski definition) is 1. The molecule has 2 aromatic heterocycles. The third-order valence-corrected chi connectivity index (χ3v) is 4.47. The monoisotopic (exact) mass is 355 g/mol. The van der Waals surface area contributed by atoms with Gasteiger partial charge in [-0.05, 0) is 44.0 Å². The molecule has 4 rings (SSSR count). The molecule has 3 aromatic rings. The SMILES string of the molecule is C[C@H](NC(=O)c1cnc2n1CCCC2)c1nc(-c2ccc(F)cc2)no1. The van der Waals surface area contributed by atoms with Crippen LogP contribution in [-0.2, 0) is 13.0 Å². The molecule has 0 spiro atoms. The molecule has 0 radical (unpaired) electrons. The second kappa shape index (κ2) is 6.70. The van der Waals surface area contributed by atoms with Crippen molar-refractivity contribution >= 4 is 5.91 Å². The quantitative estimate of drug-likeness (QED) is 0.778. The predicted octanol–water partition coefficient (Wildman–Crippen LogP) is 2.90. The number of nitrogens with one attached hydrogen (secondary N) is 1. The fraction of sp³-hybridized carbons (Fsp3) is 0.333. The molecule has 1 aromatic carbocycles. The number of aryl methyl sites for hydroxylation is 1. The fourth-order valence-corrected chi connectivity index (χ4v) is 3.06. The Morgan fingerprint density at radius 3 is 2.92 bits per heavy atom. The van der Waals surface area contributed by atoms with E-state index in [1.54, 1.807) is 25.3 Å². The largest absolute Gasteiger partial charge is 0.339 e. The summed E-state index contributed by atoms with van der Waals surface area (Å²) < 4.78 is 20.2. The molecule has 0 aliphatic carbocycles. The topological polar surface area (TPSA) is 85.8 Å². The Kier molecular flexibility index (Phi) is 4.24. The Bertz CT molecular complexity index is 931. The van der Waals surface area contributed by atoms with Crippen LogP contribution in [0, 0.1) is 5.82 Å². The van der Waals surface area contributed by atoms with Crippen molar-refractivity contribution in [1.29, 1.82) is 0 Å². The molecule has 7 nitrogen and oxygen atoms in total. The van der Waals surface area contributed by atoms with Crippen LogP contribution in [0.2, 0.25) is 0 Å². The number of carbonyl (C=O) groups is 1. The van der Waals surface area contributed by atoms with Crippen molar-refractivity contribution in [3.05, 3.63) is 53.7 Å². The van der Waals surface area contributed by atoms with Gasteiger partial charge in [0.05, 0.1) is 6.20 Å². The van der Waals surface area contributed by atoms with Gasteiger partial charge in [-0.3, -0.25) is 4.79 Å². The number of imidazole rings is 1. The predicted molar refractivity (Wildman–Crippen MR) is 90.7 cm³/mol. The number of nitrogens with zero attached hydrogens (tertiary/aromatic N) is 4. The van der Waals surface area contributed by atoms with Crippen LogP contribution in [0.4, 0.5) is 4.39 Å². The first-order chi connectivity index (χ1) is 12.6. The zero-order chi connectivity index (χ0) is 18.1. The maximum atomic E-state index is 13.0. The van der Waals surface area contributed by atoms with Crippen molar-refractivity contribution in [3.63, 3.8) is 0 Å². The zero-order valence-electron chi connectivity index (χ0n) is 14.3.